The molecule has 11 heteroatoms. The first kappa shape index (κ1) is 27.4. The number of pyridine rings is 1. The number of aromatic carboxylic acids is 1. The fraction of sp³-hybridized carbons (Fsp3) is 0.172. The van der Waals surface area contributed by atoms with Crippen molar-refractivity contribution < 1.29 is 18.3 Å². The van der Waals surface area contributed by atoms with E-state index >= 15 is 0 Å². The molecule has 2 heterocycles. The number of allylic oxidation sites excluding steroid dienone is 2. The van der Waals surface area contributed by atoms with Gasteiger partial charge in [0.15, 0.2) is 10.8 Å². The number of carbonyl (C=O) groups is 1. The first-order valence-electron chi connectivity index (χ1n) is 12.5. The largest absolute Gasteiger partial charge is 0.476 e. The van der Waals surface area contributed by atoms with Crippen LogP contribution in [0.15, 0.2) is 88.5 Å². The van der Waals surface area contributed by atoms with E-state index in [1.165, 1.54) is 28.8 Å². The molecule has 0 amide bonds. The maximum absolute atomic E-state index is 11.8. The van der Waals surface area contributed by atoms with E-state index < -0.39 is 16.0 Å². The maximum atomic E-state index is 11.8. The highest BCUT2D eigenvalue weighted by Gasteiger charge is 2.31. The van der Waals surface area contributed by atoms with Crippen molar-refractivity contribution in [2.75, 3.05) is 5.32 Å². The van der Waals surface area contributed by atoms with Crippen LogP contribution in [-0.2, 0) is 16.4 Å². The van der Waals surface area contributed by atoms with Crippen LogP contribution in [0.2, 0.25) is 0 Å². The number of benzene rings is 2. The van der Waals surface area contributed by atoms with Crippen molar-refractivity contribution in [3.8, 4) is 11.1 Å². The lowest BCUT2D eigenvalue weighted by molar-refractivity contribution is 0.0691. The Kier molecular flexibility index (Phi) is 7.61. The van der Waals surface area contributed by atoms with E-state index in [0.29, 0.717) is 22.8 Å². The summed E-state index contributed by atoms with van der Waals surface area (Å²) in [5.41, 5.74) is 6.29. The first-order valence-corrected chi connectivity index (χ1v) is 14.9. The Morgan fingerprint density at radius 2 is 1.93 bits per heavy atom. The molecule has 0 spiro atoms. The van der Waals surface area contributed by atoms with Crippen LogP contribution in [0.4, 0.5) is 5.13 Å². The van der Waals surface area contributed by atoms with Crippen molar-refractivity contribution in [2.24, 2.45) is 11.1 Å². The van der Waals surface area contributed by atoms with E-state index in [4.69, 9.17) is 5.14 Å². The summed E-state index contributed by atoms with van der Waals surface area (Å²) in [5, 5.41) is 29.2. The highest BCUT2D eigenvalue weighted by atomic mass is 32.2. The Hall–Kier alpha value is -4.19. The second-order valence-electron chi connectivity index (χ2n) is 9.65. The Bertz CT molecular complexity index is 1730. The quantitative estimate of drug-likeness (QED) is 0.189. The third-order valence-corrected chi connectivity index (χ3v) is 8.40. The minimum atomic E-state index is -3.83. The molecule has 4 aromatic rings. The number of nitrogens with one attached hydrogen (secondary N) is 2. The fourth-order valence-corrected chi connectivity index (χ4v) is 5.66. The number of sulfonamides is 1. The Morgan fingerprint density at radius 1 is 1.18 bits per heavy atom. The van der Waals surface area contributed by atoms with Crippen molar-refractivity contribution in [1.82, 2.24) is 9.97 Å². The highest BCUT2D eigenvalue weighted by molar-refractivity contribution is 7.89. The van der Waals surface area contributed by atoms with E-state index in [0.717, 1.165) is 46.4 Å². The van der Waals surface area contributed by atoms with Crippen LogP contribution in [-0.4, -0.2) is 35.2 Å². The number of nitrogens with two attached hydrogens (primary N) is 1. The third-order valence-electron chi connectivity index (χ3n) is 6.71. The van der Waals surface area contributed by atoms with Gasteiger partial charge in [-0.15, -0.1) is 11.3 Å². The minimum absolute atomic E-state index is 0.0148. The SMILES string of the molecule is Cc1ccc(C(=N)/C(Cc2ccc(S(N)(=O)=O)cc2)=C(\Nc2nc(C(=O)O)cs2)C2CC2)cc1-c1cccnc1. The standard InChI is InChI=1S/C29H27N5O4S2/c1-17-4-7-20(14-23(17)21-3-2-12-32-15-21)26(30)24(13-18-5-10-22(11-6-18)40(31,37)38)27(19-8-9-19)34-29-33-25(16-39-29)28(35)36/h2-7,10-12,14-16,19,30H,8-9,13H2,1H3,(H,33,34)(H,35,36)(H2,31,37,38)/b27-24-,30-26?. The van der Waals surface area contributed by atoms with Gasteiger partial charge in [0, 0.05) is 46.6 Å². The van der Waals surface area contributed by atoms with Gasteiger partial charge in [0.25, 0.3) is 0 Å². The molecule has 0 unspecified atom stereocenters. The summed E-state index contributed by atoms with van der Waals surface area (Å²) in [6.07, 6.45) is 5.70. The molecule has 1 saturated carbocycles. The normalized spacial score (nSPS) is 13.9. The summed E-state index contributed by atoms with van der Waals surface area (Å²) in [4.78, 5) is 19.9. The number of nitrogens with zero attached hydrogens (tertiary/aromatic N) is 2. The number of rotatable bonds is 10. The van der Waals surface area contributed by atoms with E-state index in [-0.39, 0.29) is 16.5 Å². The number of hydrogen-bond donors (Lipinski definition) is 4. The average molecular weight is 574 g/mol. The van der Waals surface area contributed by atoms with Gasteiger partial charge in [0.05, 0.1) is 10.6 Å². The van der Waals surface area contributed by atoms with Gasteiger partial charge in [0.1, 0.15) is 0 Å². The predicted octanol–water partition coefficient (Wildman–Crippen LogP) is 5.25. The number of thiazole rings is 1. The van der Waals surface area contributed by atoms with Gasteiger partial charge in [-0.3, -0.25) is 10.4 Å². The van der Waals surface area contributed by atoms with E-state index in [2.05, 4.69) is 15.3 Å². The molecular formula is C29H27N5O4S2. The molecule has 0 saturated heterocycles. The highest BCUT2D eigenvalue weighted by Crippen LogP contribution is 2.40. The maximum Gasteiger partial charge on any atom is 0.355 e. The molecule has 0 bridgehead atoms. The monoisotopic (exact) mass is 573 g/mol. The molecule has 1 fully saturated rings. The minimum Gasteiger partial charge on any atom is -0.476 e. The number of primary sulfonamides is 1. The van der Waals surface area contributed by atoms with Crippen molar-refractivity contribution in [3.63, 3.8) is 0 Å². The molecule has 0 aliphatic heterocycles. The number of carboxylic acids is 1. The number of aryl methyl sites for hydroxylation is 1. The Labute approximate surface area is 236 Å². The molecule has 9 nitrogen and oxygen atoms in total. The number of carboxylic acid groups (broad SMARTS) is 1. The zero-order chi connectivity index (χ0) is 28.4. The van der Waals surface area contributed by atoms with Crippen LogP contribution in [0.25, 0.3) is 11.1 Å². The Morgan fingerprint density at radius 3 is 2.52 bits per heavy atom. The number of aromatic nitrogens is 2. The van der Waals surface area contributed by atoms with Crippen LogP contribution < -0.4 is 10.5 Å². The van der Waals surface area contributed by atoms with Crippen molar-refractivity contribution in [2.45, 2.75) is 31.1 Å². The summed E-state index contributed by atoms with van der Waals surface area (Å²) >= 11 is 1.19. The predicted molar refractivity (Wildman–Crippen MR) is 155 cm³/mol. The summed E-state index contributed by atoms with van der Waals surface area (Å²) in [6.45, 7) is 2.01. The third kappa shape index (κ3) is 6.17. The second-order valence-corrected chi connectivity index (χ2v) is 12.1. The van der Waals surface area contributed by atoms with Crippen LogP contribution in [0.5, 0.6) is 0 Å². The molecule has 2 aromatic heterocycles. The molecule has 2 aromatic carbocycles. The van der Waals surface area contributed by atoms with E-state index in [1.54, 1.807) is 24.5 Å². The fourth-order valence-electron chi connectivity index (χ4n) is 4.44. The van der Waals surface area contributed by atoms with Crippen LogP contribution >= 0.6 is 11.3 Å². The second kappa shape index (κ2) is 11.1. The van der Waals surface area contributed by atoms with E-state index in [1.807, 2.05) is 37.3 Å². The van der Waals surface area contributed by atoms with Crippen LogP contribution in [0, 0.1) is 18.3 Å². The van der Waals surface area contributed by atoms with Gasteiger partial charge in [-0.1, -0.05) is 30.3 Å². The van der Waals surface area contributed by atoms with Gasteiger partial charge >= 0.3 is 5.97 Å². The van der Waals surface area contributed by atoms with Gasteiger partial charge < -0.3 is 10.4 Å². The van der Waals surface area contributed by atoms with E-state index in [9.17, 15) is 23.7 Å². The molecule has 204 valence electrons. The zero-order valence-electron chi connectivity index (χ0n) is 21.6. The molecule has 1 aliphatic carbocycles. The smallest absolute Gasteiger partial charge is 0.355 e. The summed E-state index contributed by atoms with van der Waals surface area (Å²) in [5.74, 6) is -0.939. The molecule has 0 atom stereocenters. The summed E-state index contributed by atoms with van der Waals surface area (Å²) in [7, 11) is -3.83. The molecule has 1 aliphatic rings. The topological polar surface area (TPSA) is 159 Å². The van der Waals surface area contributed by atoms with Crippen molar-refractivity contribution in [1.29, 1.82) is 5.41 Å². The van der Waals surface area contributed by atoms with Gasteiger partial charge in [-0.05, 0) is 66.6 Å². The Balaban J connectivity index is 1.59. The zero-order valence-corrected chi connectivity index (χ0v) is 23.2. The van der Waals surface area contributed by atoms with Gasteiger partial charge in [-0.25, -0.2) is 23.3 Å². The lowest BCUT2D eigenvalue weighted by Crippen LogP contribution is -2.16. The first-order chi connectivity index (χ1) is 19.1. The lowest BCUT2D eigenvalue weighted by atomic mass is 9.90. The van der Waals surface area contributed by atoms with Crippen LogP contribution in [0.3, 0.4) is 0 Å². The lowest BCUT2D eigenvalue weighted by Gasteiger charge is -2.19. The molecule has 5 rings (SSSR count). The number of hydrogen-bond acceptors (Lipinski definition) is 8. The molecule has 0 radical (unpaired) electrons. The van der Waals surface area contributed by atoms with Crippen molar-refractivity contribution >= 4 is 38.2 Å². The van der Waals surface area contributed by atoms with Crippen molar-refractivity contribution in [3.05, 3.63) is 106 Å². The molecular weight excluding hydrogens is 546 g/mol. The molecule has 5 N–H and O–H groups in total. The number of anilines is 1. The molecule has 40 heavy (non-hydrogen) atoms. The van der Waals surface area contributed by atoms with Gasteiger partial charge in [0.2, 0.25) is 10.0 Å². The average Bonchev–Trinajstić information content (AvgIpc) is 3.67. The van der Waals surface area contributed by atoms with Crippen LogP contribution in [0.1, 0.15) is 40.0 Å². The summed E-state index contributed by atoms with van der Waals surface area (Å²) < 4.78 is 23.5. The van der Waals surface area contributed by atoms with Gasteiger partial charge in [-0.2, -0.15) is 0 Å². The summed E-state index contributed by atoms with van der Waals surface area (Å²) in [6, 6.07) is 16.0.